The first-order valence-corrected chi connectivity index (χ1v) is 5.26. The van der Waals surface area contributed by atoms with Crippen LogP contribution in [0.1, 0.15) is 19.4 Å². The van der Waals surface area contributed by atoms with E-state index in [1.54, 1.807) is 12.1 Å². The Kier molecular flexibility index (Phi) is 2.50. The molecular weight excluding hydrogens is 218 g/mol. The van der Waals surface area contributed by atoms with Crippen LogP contribution in [0.3, 0.4) is 0 Å². The summed E-state index contributed by atoms with van der Waals surface area (Å²) >= 11 is 0. The van der Waals surface area contributed by atoms with Crippen LogP contribution in [0.15, 0.2) is 36.4 Å². The molecule has 1 heterocycles. The van der Waals surface area contributed by atoms with Gasteiger partial charge in [0.1, 0.15) is 11.4 Å². The Balaban J connectivity index is 2.54. The first kappa shape index (κ1) is 11.4. The Bertz CT molecular complexity index is 529. The van der Waals surface area contributed by atoms with E-state index < -0.39 is 10.5 Å². The highest BCUT2D eigenvalue weighted by Crippen LogP contribution is 2.37. The van der Waals surface area contributed by atoms with Crippen LogP contribution in [0, 0.1) is 10.1 Å². The quantitative estimate of drug-likeness (QED) is 0.579. The molecule has 0 fully saturated rings. The Morgan fingerprint density at radius 1 is 1.47 bits per heavy atom. The fourth-order valence-corrected chi connectivity index (χ4v) is 1.82. The van der Waals surface area contributed by atoms with Gasteiger partial charge in [0.15, 0.2) is 0 Å². The van der Waals surface area contributed by atoms with E-state index in [2.05, 4.69) is 6.58 Å². The number of non-ortho nitro benzene ring substituents is 1. The van der Waals surface area contributed by atoms with Gasteiger partial charge >= 0.3 is 0 Å². The minimum absolute atomic E-state index is 0.0370. The average Bonchev–Trinajstić information content (AvgIpc) is 2.25. The SMILES string of the molecule is C=CC1=Cc2ccc([N+](=O)[O-])cc2OC1(C)C. The molecule has 1 aromatic carbocycles. The molecule has 0 aromatic heterocycles. The third kappa shape index (κ3) is 1.93. The summed E-state index contributed by atoms with van der Waals surface area (Å²) in [6.45, 7) is 7.55. The van der Waals surface area contributed by atoms with Crippen molar-refractivity contribution >= 4 is 11.8 Å². The number of fused-ring (bicyclic) bond motifs is 1. The highest BCUT2D eigenvalue weighted by Gasteiger charge is 2.29. The largest absolute Gasteiger partial charge is 0.482 e. The second kappa shape index (κ2) is 3.73. The number of nitro groups is 1. The van der Waals surface area contributed by atoms with Crippen LogP contribution < -0.4 is 4.74 Å². The van der Waals surface area contributed by atoms with E-state index in [4.69, 9.17) is 4.74 Å². The van der Waals surface area contributed by atoms with Crippen molar-refractivity contribution in [3.63, 3.8) is 0 Å². The lowest BCUT2D eigenvalue weighted by molar-refractivity contribution is -0.385. The highest BCUT2D eigenvalue weighted by atomic mass is 16.6. The van der Waals surface area contributed by atoms with E-state index in [1.807, 2.05) is 19.9 Å². The molecule has 0 unspecified atom stereocenters. The Morgan fingerprint density at radius 3 is 2.76 bits per heavy atom. The lowest BCUT2D eigenvalue weighted by Crippen LogP contribution is -2.32. The van der Waals surface area contributed by atoms with Gasteiger partial charge in [0.05, 0.1) is 11.0 Å². The van der Waals surface area contributed by atoms with Crippen molar-refractivity contribution in [1.82, 2.24) is 0 Å². The maximum atomic E-state index is 10.7. The van der Waals surface area contributed by atoms with E-state index in [1.165, 1.54) is 12.1 Å². The van der Waals surface area contributed by atoms with E-state index >= 15 is 0 Å². The van der Waals surface area contributed by atoms with E-state index in [0.29, 0.717) is 5.75 Å². The molecule has 0 saturated heterocycles. The van der Waals surface area contributed by atoms with Gasteiger partial charge in [-0.3, -0.25) is 10.1 Å². The maximum Gasteiger partial charge on any atom is 0.273 e. The van der Waals surface area contributed by atoms with Crippen molar-refractivity contribution < 1.29 is 9.66 Å². The molecule has 2 rings (SSSR count). The van der Waals surface area contributed by atoms with Crippen molar-refractivity contribution in [2.24, 2.45) is 0 Å². The van der Waals surface area contributed by atoms with Gasteiger partial charge in [-0.05, 0) is 31.6 Å². The summed E-state index contributed by atoms with van der Waals surface area (Å²) < 4.78 is 5.77. The smallest absolute Gasteiger partial charge is 0.273 e. The minimum Gasteiger partial charge on any atom is -0.482 e. The van der Waals surface area contributed by atoms with Crippen LogP contribution in [-0.2, 0) is 0 Å². The van der Waals surface area contributed by atoms with Crippen LogP contribution in [0.4, 0.5) is 5.69 Å². The molecule has 0 amide bonds. The monoisotopic (exact) mass is 231 g/mol. The molecule has 1 aliphatic heterocycles. The van der Waals surface area contributed by atoms with Crippen molar-refractivity contribution in [2.75, 3.05) is 0 Å². The molecule has 0 radical (unpaired) electrons. The molecule has 17 heavy (non-hydrogen) atoms. The Morgan fingerprint density at radius 2 is 2.18 bits per heavy atom. The number of rotatable bonds is 2. The summed E-state index contributed by atoms with van der Waals surface area (Å²) in [5, 5.41) is 10.7. The fraction of sp³-hybridized carbons (Fsp3) is 0.231. The third-order valence-corrected chi connectivity index (χ3v) is 2.80. The third-order valence-electron chi connectivity index (χ3n) is 2.80. The number of nitro benzene ring substituents is 1. The molecule has 0 bridgehead atoms. The standard InChI is InChI=1S/C13H13NO3/c1-4-10-7-9-5-6-11(14(15)16)8-12(9)17-13(10,2)3/h4-8H,1H2,2-3H3. The number of nitrogens with zero attached hydrogens (tertiary/aromatic N) is 1. The molecule has 0 saturated carbocycles. The van der Waals surface area contributed by atoms with Gasteiger partial charge in [0.25, 0.3) is 5.69 Å². The van der Waals surface area contributed by atoms with Gasteiger partial charge in [-0.15, -0.1) is 0 Å². The first-order valence-electron chi connectivity index (χ1n) is 5.26. The predicted molar refractivity (Wildman–Crippen MR) is 66.0 cm³/mol. The van der Waals surface area contributed by atoms with Crippen molar-refractivity contribution in [3.8, 4) is 5.75 Å². The van der Waals surface area contributed by atoms with Gasteiger partial charge in [-0.1, -0.05) is 12.7 Å². The van der Waals surface area contributed by atoms with Gasteiger partial charge in [-0.2, -0.15) is 0 Å². The summed E-state index contributed by atoms with van der Waals surface area (Å²) in [6, 6.07) is 4.61. The number of ether oxygens (including phenoxy) is 1. The van der Waals surface area contributed by atoms with Gasteiger partial charge in [-0.25, -0.2) is 0 Å². The molecule has 0 aliphatic carbocycles. The maximum absolute atomic E-state index is 10.7. The number of hydrogen-bond donors (Lipinski definition) is 0. The molecular formula is C13H13NO3. The van der Waals surface area contributed by atoms with Crippen LogP contribution in [-0.4, -0.2) is 10.5 Å². The predicted octanol–water partition coefficient (Wildman–Crippen LogP) is 3.34. The van der Waals surface area contributed by atoms with Gasteiger partial charge < -0.3 is 4.74 Å². The van der Waals surface area contributed by atoms with E-state index in [-0.39, 0.29) is 5.69 Å². The molecule has 0 spiro atoms. The van der Waals surface area contributed by atoms with Crippen LogP contribution >= 0.6 is 0 Å². The van der Waals surface area contributed by atoms with Crippen molar-refractivity contribution in [2.45, 2.75) is 19.4 Å². The van der Waals surface area contributed by atoms with E-state index in [0.717, 1.165) is 11.1 Å². The summed E-state index contributed by atoms with van der Waals surface area (Å²) in [6.07, 6.45) is 3.68. The molecule has 4 nitrogen and oxygen atoms in total. The summed E-state index contributed by atoms with van der Waals surface area (Å²) in [5.41, 5.74) is 1.32. The lowest BCUT2D eigenvalue weighted by atomic mass is 9.92. The summed E-state index contributed by atoms with van der Waals surface area (Å²) in [5.74, 6) is 0.537. The molecule has 1 aliphatic rings. The molecule has 88 valence electrons. The zero-order chi connectivity index (χ0) is 12.6. The topological polar surface area (TPSA) is 52.4 Å². The number of benzene rings is 1. The van der Waals surface area contributed by atoms with Crippen LogP contribution in [0.2, 0.25) is 0 Å². The zero-order valence-electron chi connectivity index (χ0n) is 9.77. The zero-order valence-corrected chi connectivity index (χ0v) is 9.77. The Hall–Kier alpha value is -2.10. The lowest BCUT2D eigenvalue weighted by Gasteiger charge is -2.32. The Labute approximate surface area is 99.4 Å². The summed E-state index contributed by atoms with van der Waals surface area (Å²) in [4.78, 5) is 10.3. The molecule has 1 aromatic rings. The second-order valence-corrected chi connectivity index (χ2v) is 4.40. The molecule has 0 atom stereocenters. The molecule has 0 N–H and O–H groups in total. The summed E-state index contributed by atoms with van der Waals surface area (Å²) in [7, 11) is 0. The number of hydrogen-bond acceptors (Lipinski definition) is 3. The second-order valence-electron chi connectivity index (χ2n) is 4.40. The van der Waals surface area contributed by atoms with Crippen molar-refractivity contribution in [3.05, 3.63) is 52.1 Å². The van der Waals surface area contributed by atoms with E-state index in [9.17, 15) is 10.1 Å². The molecule has 4 heteroatoms. The minimum atomic E-state index is -0.510. The average molecular weight is 231 g/mol. The first-order chi connectivity index (χ1) is 7.94. The highest BCUT2D eigenvalue weighted by molar-refractivity contribution is 5.68. The van der Waals surface area contributed by atoms with Crippen LogP contribution in [0.5, 0.6) is 5.75 Å². The van der Waals surface area contributed by atoms with Gasteiger partial charge in [0.2, 0.25) is 0 Å². The van der Waals surface area contributed by atoms with Crippen LogP contribution in [0.25, 0.3) is 6.08 Å². The fourth-order valence-electron chi connectivity index (χ4n) is 1.82. The van der Waals surface area contributed by atoms with Crippen molar-refractivity contribution in [1.29, 1.82) is 0 Å². The normalized spacial score (nSPS) is 16.5. The van der Waals surface area contributed by atoms with Gasteiger partial charge in [0, 0.05) is 11.6 Å².